The lowest BCUT2D eigenvalue weighted by Gasteiger charge is -2.21. The Morgan fingerprint density at radius 2 is 1.93 bits per heavy atom. The van der Waals surface area contributed by atoms with Crippen molar-refractivity contribution >= 4 is 39.5 Å². The normalized spacial score (nSPS) is 18.3. The van der Waals surface area contributed by atoms with Crippen molar-refractivity contribution < 1.29 is 23.5 Å². The Bertz CT molecular complexity index is 983. The van der Waals surface area contributed by atoms with Gasteiger partial charge in [-0.1, -0.05) is 28.1 Å². The molecule has 0 bridgehead atoms. The summed E-state index contributed by atoms with van der Waals surface area (Å²) in [6.45, 7) is 1.13. The molecule has 0 saturated carbocycles. The predicted octanol–water partition coefficient (Wildman–Crippen LogP) is 3.48. The van der Waals surface area contributed by atoms with Crippen LogP contribution in [-0.4, -0.2) is 41.9 Å². The third kappa shape index (κ3) is 4.79. The van der Waals surface area contributed by atoms with Crippen molar-refractivity contribution in [2.24, 2.45) is 0 Å². The molecule has 0 unspecified atom stereocenters. The number of hydrogen-bond acceptors (Lipinski definition) is 4. The highest BCUT2D eigenvalue weighted by molar-refractivity contribution is 9.10. The Labute approximate surface area is 181 Å². The fourth-order valence-electron chi connectivity index (χ4n) is 3.17. The largest absolute Gasteiger partial charge is 0.497 e. The van der Waals surface area contributed by atoms with Crippen molar-refractivity contribution in [1.29, 1.82) is 0 Å². The number of halogens is 2. The van der Waals surface area contributed by atoms with Crippen LogP contribution in [0, 0.1) is 5.82 Å². The minimum Gasteiger partial charge on any atom is -0.497 e. The summed E-state index contributed by atoms with van der Waals surface area (Å²) in [7, 11) is 1.58. The summed E-state index contributed by atoms with van der Waals surface area (Å²) < 4.78 is 19.5. The van der Waals surface area contributed by atoms with Gasteiger partial charge in [0.2, 0.25) is 5.91 Å². The first-order valence-corrected chi connectivity index (χ1v) is 10.0. The van der Waals surface area contributed by atoms with Gasteiger partial charge >= 0.3 is 6.03 Å². The summed E-state index contributed by atoms with van der Waals surface area (Å²) in [4.78, 5) is 38.3. The number of rotatable bonds is 7. The van der Waals surface area contributed by atoms with Gasteiger partial charge < -0.3 is 15.4 Å². The molecule has 2 aromatic carbocycles. The summed E-state index contributed by atoms with van der Waals surface area (Å²) >= 11 is 3.14. The molecule has 9 heteroatoms. The molecule has 7 nitrogen and oxygen atoms in total. The third-order valence-corrected chi connectivity index (χ3v) is 5.42. The number of anilines is 1. The molecule has 2 N–H and O–H groups in total. The van der Waals surface area contributed by atoms with E-state index in [2.05, 4.69) is 26.6 Å². The molecule has 1 fully saturated rings. The van der Waals surface area contributed by atoms with E-state index in [9.17, 15) is 18.8 Å². The van der Waals surface area contributed by atoms with Gasteiger partial charge in [-0.15, -0.1) is 0 Å². The van der Waals surface area contributed by atoms with Crippen molar-refractivity contribution in [3.8, 4) is 5.75 Å². The molecular formula is C21H21BrFN3O4. The van der Waals surface area contributed by atoms with E-state index in [-0.39, 0.29) is 5.69 Å². The predicted molar refractivity (Wildman–Crippen MR) is 113 cm³/mol. The van der Waals surface area contributed by atoms with Crippen molar-refractivity contribution in [1.82, 2.24) is 10.2 Å². The maximum atomic E-state index is 13.9. The first kappa shape index (κ1) is 21.8. The van der Waals surface area contributed by atoms with Crippen molar-refractivity contribution in [3.05, 3.63) is 58.3 Å². The van der Waals surface area contributed by atoms with Gasteiger partial charge in [0, 0.05) is 4.47 Å². The number of hydrogen-bond donors (Lipinski definition) is 2. The molecule has 1 heterocycles. The summed E-state index contributed by atoms with van der Waals surface area (Å²) in [6.07, 6.45) is 0.917. The number of urea groups is 1. The number of benzene rings is 2. The van der Waals surface area contributed by atoms with Gasteiger partial charge in [0.1, 0.15) is 23.7 Å². The number of amides is 4. The molecule has 0 radical (unpaired) electrons. The molecule has 30 heavy (non-hydrogen) atoms. The third-order valence-electron chi connectivity index (χ3n) is 4.92. The van der Waals surface area contributed by atoms with E-state index in [1.54, 1.807) is 20.1 Å². The fraction of sp³-hybridized carbons (Fsp3) is 0.286. The quantitative estimate of drug-likeness (QED) is 0.597. The SMILES string of the molecule is COc1ccc(CC[C@]2(C)NC(=O)N(CC(=O)Nc3ccc(Br)cc3F)C2=O)cc1. The molecular weight excluding hydrogens is 457 g/mol. The van der Waals surface area contributed by atoms with E-state index >= 15 is 0 Å². The molecule has 1 atom stereocenters. The minimum atomic E-state index is -1.12. The highest BCUT2D eigenvalue weighted by Gasteiger charge is 2.47. The molecule has 1 saturated heterocycles. The molecule has 1 aliphatic heterocycles. The molecule has 4 amide bonds. The molecule has 0 aromatic heterocycles. The van der Waals surface area contributed by atoms with Gasteiger partial charge in [-0.05, 0) is 55.7 Å². The molecule has 0 spiro atoms. The van der Waals surface area contributed by atoms with Crippen LogP contribution in [0.1, 0.15) is 18.9 Å². The second-order valence-electron chi connectivity index (χ2n) is 7.17. The average Bonchev–Trinajstić information content (AvgIpc) is 2.92. The Hall–Kier alpha value is -2.94. The average molecular weight is 478 g/mol. The van der Waals surface area contributed by atoms with Crippen LogP contribution in [0.25, 0.3) is 0 Å². The first-order chi connectivity index (χ1) is 14.2. The summed E-state index contributed by atoms with van der Waals surface area (Å²) in [5.41, 5.74) is -0.168. The molecule has 2 aromatic rings. The van der Waals surface area contributed by atoms with Crippen LogP contribution in [-0.2, 0) is 16.0 Å². The van der Waals surface area contributed by atoms with Gasteiger partial charge in [-0.2, -0.15) is 0 Å². The lowest BCUT2D eigenvalue weighted by atomic mass is 9.93. The number of ether oxygens (including phenoxy) is 1. The number of carbonyl (C=O) groups excluding carboxylic acids is 3. The number of carbonyl (C=O) groups is 3. The number of nitrogens with one attached hydrogen (secondary N) is 2. The highest BCUT2D eigenvalue weighted by Crippen LogP contribution is 2.24. The summed E-state index contributed by atoms with van der Waals surface area (Å²) in [6, 6.07) is 11.0. The van der Waals surface area contributed by atoms with Crippen LogP contribution in [0.2, 0.25) is 0 Å². The maximum Gasteiger partial charge on any atom is 0.325 e. The van der Waals surface area contributed by atoms with Crippen molar-refractivity contribution in [2.45, 2.75) is 25.3 Å². The van der Waals surface area contributed by atoms with E-state index in [0.717, 1.165) is 16.2 Å². The number of imide groups is 1. The second-order valence-corrected chi connectivity index (χ2v) is 8.09. The Balaban J connectivity index is 1.62. The zero-order valence-corrected chi connectivity index (χ0v) is 18.1. The molecule has 158 valence electrons. The van der Waals surface area contributed by atoms with Crippen LogP contribution >= 0.6 is 15.9 Å². The number of nitrogens with zero attached hydrogens (tertiary/aromatic N) is 1. The lowest BCUT2D eigenvalue weighted by Crippen LogP contribution is -2.45. The van der Waals surface area contributed by atoms with E-state index < -0.39 is 35.7 Å². The smallest absolute Gasteiger partial charge is 0.325 e. The van der Waals surface area contributed by atoms with Crippen molar-refractivity contribution in [3.63, 3.8) is 0 Å². The standard InChI is InChI=1S/C21H21BrFN3O4/c1-21(10-9-13-3-6-15(30-2)7-4-13)19(28)26(20(29)25-21)12-18(27)24-17-8-5-14(22)11-16(17)23/h3-8,11H,9-10,12H2,1-2H3,(H,24,27)(H,25,29)/t21-/m0/s1. The van der Waals surface area contributed by atoms with E-state index in [1.807, 2.05) is 24.3 Å². The Kier molecular flexibility index (Phi) is 6.40. The van der Waals surface area contributed by atoms with Gasteiger partial charge in [-0.25, -0.2) is 9.18 Å². The lowest BCUT2D eigenvalue weighted by molar-refractivity contribution is -0.133. The Morgan fingerprint density at radius 3 is 2.57 bits per heavy atom. The van der Waals surface area contributed by atoms with E-state index in [1.165, 1.54) is 12.1 Å². The highest BCUT2D eigenvalue weighted by atomic mass is 79.9. The fourth-order valence-corrected chi connectivity index (χ4v) is 3.50. The van der Waals surface area contributed by atoms with Gasteiger partial charge in [0.25, 0.3) is 5.91 Å². The minimum absolute atomic E-state index is 0.0301. The monoisotopic (exact) mass is 477 g/mol. The first-order valence-electron chi connectivity index (χ1n) is 9.24. The van der Waals surface area contributed by atoms with E-state index in [4.69, 9.17) is 4.74 Å². The summed E-state index contributed by atoms with van der Waals surface area (Å²) in [5, 5.41) is 5.04. The summed E-state index contributed by atoms with van der Waals surface area (Å²) in [5.74, 6) is -1.06. The van der Waals surface area contributed by atoms with Crippen LogP contribution in [0.15, 0.2) is 46.9 Å². The van der Waals surface area contributed by atoms with Gasteiger partial charge in [0.05, 0.1) is 12.8 Å². The van der Waals surface area contributed by atoms with Crippen LogP contribution in [0.5, 0.6) is 5.75 Å². The van der Waals surface area contributed by atoms with Crippen molar-refractivity contribution in [2.75, 3.05) is 19.0 Å². The second kappa shape index (κ2) is 8.83. The molecule has 0 aliphatic carbocycles. The Morgan fingerprint density at radius 1 is 1.23 bits per heavy atom. The van der Waals surface area contributed by atoms with Crippen LogP contribution in [0.4, 0.5) is 14.9 Å². The molecule has 3 rings (SSSR count). The van der Waals surface area contributed by atoms with Gasteiger partial charge in [-0.3, -0.25) is 14.5 Å². The zero-order valence-electron chi connectivity index (χ0n) is 16.5. The number of methoxy groups -OCH3 is 1. The van der Waals surface area contributed by atoms with E-state index in [0.29, 0.717) is 17.3 Å². The van der Waals surface area contributed by atoms with Crippen LogP contribution < -0.4 is 15.4 Å². The topological polar surface area (TPSA) is 87.7 Å². The molecule has 1 aliphatic rings. The number of aryl methyl sites for hydroxylation is 1. The van der Waals surface area contributed by atoms with Gasteiger partial charge in [0.15, 0.2) is 0 Å². The maximum absolute atomic E-state index is 13.9. The van der Waals surface area contributed by atoms with Crippen LogP contribution in [0.3, 0.4) is 0 Å². The zero-order chi connectivity index (χ0) is 21.9.